The Labute approximate surface area is 125 Å². The zero-order chi connectivity index (χ0) is 14.7. The monoisotopic (exact) mass is 289 g/mol. The van der Waals surface area contributed by atoms with Gasteiger partial charge in [-0.25, -0.2) is 0 Å². The van der Waals surface area contributed by atoms with Crippen molar-refractivity contribution in [3.63, 3.8) is 0 Å². The number of carbonyl (C=O) groups is 1. The lowest BCUT2D eigenvalue weighted by Crippen LogP contribution is -2.61. The Bertz CT molecular complexity index is 478. The molecule has 1 atom stereocenters. The number of amides is 1. The van der Waals surface area contributed by atoms with Gasteiger partial charge in [-0.15, -0.1) is 0 Å². The maximum Gasteiger partial charge on any atom is 0.255 e. The van der Waals surface area contributed by atoms with E-state index < -0.39 is 5.60 Å². The predicted octanol–water partition coefficient (Wildman–Crippen LogP) is 0.714. The Morgan fingerprint density at radius 3 is 2.52 bits per heavy atom. The van der Waals surface area contributed by atoms with Crippen LogP contribution in [0.15, 0.2) is 30.3 Å². The molecule has 2 aliphatic heterocycles. The summed E-state index contributed by atoms with van der Waals surface area (Å²) >= 11 is 0. The van der Waals surface area contributed by atoms with E-state index >= 15 is 0 Å². The predicted molar refractivity (Wildman–Crippen MR) is 82.5 cm³/mol. The first kappa shape index (κ1) is 14.4. The van der Waals surface area contributed by atoms with Gasteiger partial charge in [0, 0.05) is 45.0 Å². The number of benzene rings is 1. The average molecular weight is 289 g/mol. The summed E-state index contributed by atoms with van der Waals surface area (Å²) in [5.74, 6) is 0.113. The molecule has 0 radical (unpaired) electrons. The minimum atomic E-state index is -0.701. The van der Waals surface area contributed by atoms with E-state index in [4.69, 9.17) is 4.74 Å². The van der Waals surface area contributed by atoms with Crippen LogP contribution in [0.25, 0.3) is 0 Å². The van der Waals surface area contributed by atoms with Gasteiger partial charge in [-0.05, 0) is 19.1 Å². The van der Waals surface area contributed by atoms with Crippen molar-refractivity contribution >= 4 is 11.6 Å². The van der Waals surface area contributed by atoms with Crippen molar-refractivity contribution in [3.8, 4) is 0 Å². The summed E-state index contributed by atoms with van der Waals surface area (Å²) in [5, 5.41) is 3.25. The van der Waals surface area contributed by atoms with Crippen LogP contribution in [0.2, 0.25) is 0 Å². The number of para-hydroxylation sites is 1. The summed E-state index contributed by atoms with van der Waals surface area (Å²) in [7, 11) is 0. The Morgan fingerprint density at radius 2 is 1.90 bits per heavy atom. The summed E-state index contributed by atoms with van der Waals surface area (Å²) in [6, 6.07) is 10.4. The maximum atomic E-state index is 12.7. The molecule has 0 unspecified atom stereocenters. The number of nitrogens with zero attached hydrogens (tertiary/aromatic N) is 2. The lowest BCUT2D eigenvalue weighted by Gasteiger charge is -2.41. The molecule has 114 valence electrons. The highest BCUT2D eigenvalue weighted by Gasteiger charge is 2.40. The Hall–Kier alpha value is -1.59. The van der Waals surface area contributed by atoms with Crippen molar-refractivity contribution in [2.75, 3.05) is 50.8 Å². The Morgan fingerprint density at radius 1 is 1.19 bits per heavy atom. The fourth-order valence-electron chi connectivity index (χ4n) is 3.00. The SMILES string of the molecule is C[C@@]1(C(=O)N2CCN(c3ccccc3)CC2)CNCCO1. The minimum absolute atomic E-state index is 0.113. The summed E-state index contributed by atoms with van der Waals surface area (Å²) < 4.78 is 5.72. The molecule has 0 saturated carbocycles. The molecule has 2 fully saturated rings. The summed E-state index contributed by atoms with van der Waals surface area (Å²) in [6.45, 7) is 7.19. The van der Waals surface area contributed by atoms with Gasteiger partial charge in [0.2, 0.25) is 0 Å². The summed E-state index contributed by atoms with van der Waals surface area (Å²) in [6.07, 6.45) is 0. The number of ether oxygens (including phenoxy) is 1. The molecule has 1 aromatic carbocycles. The molecule has 2 aliphatic rings. The van der Waals surface area contributed by atoms with Gasteiger partial charge in [0.15, 0.2) is 5.60 Å². The number of piperazine rings is 1. The fourth-order valence-corrected chi connectivity index (χ4v) is 3.00. The lowest BCUT2D eigenvalue weighted by molar-refractivity contribution is -0.159. The van der Waals surface area contributed by atoms with Gasteiger partial charge in [-0.2, -0.15) is 0 Å². The zero-order valence-corrected chi connectivity index (χ0v) is 12.5. The normalized spacial score (nSPS) is 26.7. The molecule has 3 rings (SSSR count). The smallest absolute Gasteiger partial charge is 0.255 e. The quantitative estimate of drug-likeness (QED) is 0.871. The number of carbonyl (C=O) groups excluding carboxylic acids is 1. The third-order valence-corrected chi connectivity index (χ3v) is 4.30. The zero-order valence-electron chi connectivity index (χ0n) is 12.5. The van der Waals surface area contributed by atoms with Gasteiger partial charge in [-0.1, -0.05) is 18.2 Å². The highest BCUT2D eigenvalue weighted by molar-refractivity contribution is 5.85. The minimum Gasteiger partial charge on any atom is -0.368 e. The number of hydrogen-bond donors (Lipinski definition) is 1. The Balaban J connectivity index is 1.59. The van der Waals surface area contributed by atoms with Crippen LogP contribution in [0.1, 0.15) is 6.92 Å². The third-order valence-electron chi connectivity index (χ3n) is 4.30. The first-order chi connectivity index (χ1) is 10.2. The number of rotatable bonds is 2. The summed E-state index contributed by atoms with van der Waals surface area (Å²) in [4.78, 5) is 16.9. The van der Waals surface area contributed by atoms with E-state index in [-0.39, 0.29) is 5.91 Å². The van der Waals surface area contributed by atoms with Crippen LogP contribution in [0.3, 0.4) is 0 Å². The van der Waals surface area contributed by atoms with Crippen molar-refractivity contribution in [1.82, 2.24) is 10.2 Å². The molecule has 1 N–H and O–H groups in total. The fraction of sp³-hybridized carbons (Fsp3) is 0.562. The van der Waals surface area contributed by atoms with E-state index in [9.17, 15) is 4.79 Å². The van der Waals surface area contributed by atoms with Crippen molar-refractivity contribution in [3.05, 3.63) is 30.3 Å². The number of morpholine rings is 1. The van der Waals surface area contributed by atoms with Crippen molar-refractivity contribution in [1.29, 1.82) is 0 Å². The molecular weight excluding hydrogens is 266 g/mol. The molecule has 1 amide bonds. The average Bonchev–Trinajstić information content (AvgIpc) is 2.56. The van der Waals surface area contributed by atoms with Gasteiger partial charge < -0.3 is 19.9 Å². The highest BCUT2D eigenvalue weighted by atomic mass is 16.5. The topological polar surface area (TPSA) is 44.8 Å². The molecule has 5 nitrogen and oxygen atoms in total. The molecule has 1 aromatic rings. The molecule has 0 bridgehead atoms. The number of anilines is 1. The molecule has 21 heavy (non-hydrogen) atoms. The van der Waals surface area contributed by atoms with Crippen LogP contribution in [0.4, 0.5) is 5.69 Å². The van der Waals surface area contributed by atoms with Crippen LogP contribution in [0, 0.1) is 0 Å². The highest BCUT2D eigenvalue weighted by Crippen LogP contribution is 2.20. The van der Waals surface area contributed by atoms with E-state index in [1.54, 1.807) is 0 Å². The van der Waals surface area contributed by atoms with E-state index in [2.05, 4.69) is 34.5 Å². The van der Waals surface area contributed by atoms with Crippen LogP contribution >= 0.6 is 0 Å². The molecule has 5 heteroatoms. The second-order valence-electron chi connectivity index (χ2n) is 5.87. The second-order valence-corrected chi connectivity index (χ2v) is 5.87. The first-order valence-corrected chi connectivity index (χ1v) is 7.63. The van der Waals surface area contributed by atoms with Gasteiger partial charge in [-0.3, -0.25) is 4.79 Å². The molecule has 0 aromatic heterocycles. The lowest BCUT2D eigenvalue weighted by atomic mass is 10.0. The molecule has 0 spiro atoms. The first-order valence-electron chi connectivity index (χ1n) is 7.63. The van der Waals surface area contributed by atoms with E-state index in [0.29, 0.717) is 13.2 Å². The molecular formula is C16H23N3O2. The number of hydrogen-bond acceptors (Lipinski definition) is 4. The van der Waals surface area contributed by atoms with Gasteiger partial charge in [0.05, 0.1) is 6.61 Å². The van der Waals surface area contributed by atoms with Crippen LogP contribution in [0.5, 0.6) is 0 Å². The molecule has 2 heterocycles. The third kappa shape index (κ3) is 3.04. The number of nitrogens with one attached hydrogen (secondary N) is 1. The standard InChI is InChI=1S/C16H23N3O2/c1-16(13-17-7-12-21-16)15(20)19-10-8-18(9-11-19)14-5-3-2-4-6-14/h2-6,17H,7-13H2,1H3/t16-/m0/s1. The largest absolute Gasteiger partial charge is 0.368 e. The maximum absolute atomic E-state index is 12.7. The van der Waals surface area contributed by atoms with E-state index in [0.717, 1.165) is 32.7 Å². The van der Waals surface area contributed by atoms with Crippen molar-refractivity contribution < 1.29 is 9.53 Å². The molecule has 0 aliphatic carbocycles. The van der Waals surface area contributed by atoms with Crippen LogP contribution in [-0.4, -0.2) is 62.3 Å². The van der Waals surface area contributed by atoms with Crippen LogP contribution in [-0.2, 0) is 9.53 Å². The van der Waals surface area contributed by atoms with Gasteiger partial charge in [0.1, 0.15) is 0 Å². The van der Waals surface area contributed by atoms with E-state index in [1.165, 1.54) is 5.69 Å². The Kier molecular flexibility index (Phi) is 4.12. The van der Waals surface area contributed by atoms with Crippen LogP contribution < -0.4 is 10.2 Å². The summed E-state index contributed by atoms with van der Waals surface area (Å²) in [5.41, 5.74) is 0.527. The van der Waals surface area contributed by atoms with Gasteiger partial charge in [0.25, 0.3) is 5.91 Å². The second kappa shape index (κ2) is 6.03. The van der Waals surface area contributed by atoms with E-state index in [1.807, 2.05) is 17.9 Å². The van der Waals surface area contributed by atoms with Crippen molar-refractivity contribution in [2.45, 2.75) is 12.5 Å². The van der Waals surface area contributed by atoms with Crippen molar-refractivity contribution in [2.24, 2.45) is 0 Å². The molecule has 2 saturated heterocycles. The van der Waals surface area contributed by atoms with Gasteiger partial charge >= 0.3 is 0 Å².